The first-order chi connectivity index (χ1) is 13.7. The summed E-state index contributed by atoms with van der Waals surface area (Å²) >= 11 is 0. The summed E-state index contributed by atoms with van der Waals surface area (Å²) in [5, 5.41) is 0. The van der Waals surface area contributed by atoms with Gasteiger partial charge in [0, 0.05) is 0 Å². The second kappa shape index (κ2) is 7.31. The number of rotatable bonds is 5. The lowest BCUT2D eigenvalue weighted by Gasteiger charge is -2.11. The molecule has 1 aliphatic rings. The van der Waals surface area contributed by atoms with Crippen molar-refractivity contribution in [3.8, 4) is 34.1 Å². The smallest absolute Gasteiger partial charge is 0.161 e. The van der Waals surface area contributed by atoms with Gasteiger partial charge in [0.25, 0.3) is 0 Å². The zero-order valence-corrected chi connectivity index (χ0v) is 16.4. The fourth-order valence-electron chi connectivity index (χ4n) is 3.67. The highest BCUT2D eigenvalue weighted by Crippen LogP contribution is 2.51. The predicted octanol–water partition coefficient (Wildman–Crippen LogP) is 5.29. The number of ether oxygens (including phenoxy) is 4. The minimum atomic E-state index is 0.697. The first-order valence-corrected chi connectivity index (χ1v) is 9.00. The molecule has 0 heterocycles. The molecule has 142 valence electrons. The Kier molecular flexibility index (Phi) is 4.70. The van der Waals surface area contributed by atoms with E-state index in [1.54, 1.807) is 28.4 Å². The molecule has 0 spiro atoms. The lowest BCUT2D eigenvalue weighted by atomic mass is 10.0. The predicted molar refractivity (Wildman–Crippen MR) is 112 cm³/mol. The Hall–Kier alpha value is -3.40. The third kappa shape index (κ3) is 2.87. The normalized spacial score (nSPS) is 11.5. The van der Waals surface area contributed by atoms with Crippen molar-refractivity contribution in [1.29, 1.82) is 0 Å². The minimum absolute atomic E-state index is 0.697. The first kappa shape index (κ1) is 18.0. The standard InChI is InChI=1S/C24H22O4/c1-25-21-11-17-16(10-15-8-6-5-7-9-15)18-12-22(26-2)24(28-4)14-20(18)19(17)13-23(21)27-3/h5-14H,1-4H3. The van der Waals surface area contributed by atoms with E-state index in [0.717, 1.165) is 33.4 Å². The lowest BCUT2D eigenvalue weighted by Crippen LogP contribution is -1.92. The number of benzene rings is 3. The van der Waals surface area contributed by atoms with E-state index in [2.05, 4.69) is 18.2 Å². The highest BCUT2D eigenvalue weighted by Gasteiger charge is 2.28. The van der Waals surface area contributed by atoms with Gasteiger partial charge >= 0.3 is 0 Å². The molecule has 4 heteroatoms. The number of hydrogen-bond acceptors (Lipinski definition) is 4. The Morgan fingerprint density at radius 3 is 1.32 bits per heavy atom. The van der Waals surface area contributed by atoms with Crippen LogP contribution in [-0.4, -0.2) is 28.4 Å². The third-order valence-electron chi connectivity index (χ3n) is 5.03. The van der Waals surface area contributed by atoms with Gasteiger partial charge in [0.1, 0.15) is 0 Å². The van der Waals surface area contributed by atoms with Crippen LogP contribution < -0.4 is 18.9 Å². The molecule has 1 aliphatic carbocycles. The van der Waals surface area contributed by atoms with Gasteiger partial charge in [-0.3, -0.25) is 0 Å². The fraction of sp³-hybridized carbons (Fsp3) is 0.167. The van der Waals surface area contributed by atoms with Gasteiger partial charge < -0.3 is 18.9 Å². The number of fused-ring (bicyclic) bond motifs is 3. The van der Waals surface area contributed by atoms with Crippen LogP contribution in [0.25, 0.3) is 22.8 Å². The molecular formula is C24H22O4. The summed E-state index contributed by atoms with van der Waals surface area (Å²) in [6.07, 6.45) is 2.18. The van der Waals surface area contributed by atoms with E-state index in [-0.39, 0.29) is 0 Å². The van der Waals surface area contributed by atoms with Crippen LogP contribution in [0.15, 0.2) is 54.6 Å². The molecule has 0 atom stereocenters. The maximum absolute atomic E-state index is 5.55. The number of methoxy groups -OCH3 is 4. The van der Waals surface area contributed by atoms with Crippen LogP contribution in [0.3, 0.4) is 0 Å². The maximum atomic E-state index is 5.55. The largest absolute Gasteiger partial charge is 0.493 e. The zero-order valence-electron chi connectivity index (χ0n) is 16.4. The van der Waals surface area contributed by atoms with Gasteiger partial charge in [0.15, 0.2) is 23.0 Å². The van der Waals surface area contributed by atoms with Crippen molar-refractivity contribution in [2.24, 2.45) is 0 Å². The summed E-state index contributed by atoms with van der Waals surface area (Å²) in [7, 11) is 6.60. The number of hydrogen-bond donors (Lipinski definition) is 0. The SMILES string of the molecule is COc1cc2c(cc1OC)-c1cc(OC)c(OC)cc1C2=Cc1ccccc1. The molecular weight excluding hydrogens is 352 g/mol. The van der Waals surface area contributed by atoms with Crippen LogP contribution >= 0.6 is 0 Å². The lowest BCUT2D eigenvalue weighted by molar-refractivity contribution is 0.354. The average molecular weight is 374 g/mol. The second-order valence-electron chi connectivity index (χ2n) is 6.47. The quantitative estimate of drug-likeness (QED) is 0.476. The molecule has 0 saturated carbocycles. The second-order valence-corrected chi connectivity index (χ2v) is 6.47. The summed E-state index contributed by atoms with van der Waals surface area (Å²) in [4.78, 5) is 0. The third-order valence-corrected chi connectivity index (χ3v) is 5.03. The average Bonchev–Trinajstić information content (AvgIpc) is 3.04. The zero-order chi connectivity index (χ0) is 19.7. The molecule has 0 N–H and O–H groups in total. The van der Waals surface area contributed by atoms with Crippen molar-refractivity contribution in [3.05, 3.63) is 71.3 Å². The molecule has 0 aromatic heterocycles. The van der Waals surface area contributed by atoms with Crippen molar-refractivity contribution >= 4 is 11.6 Å². The molecule has 0 radical (unpaired) electrons. The van der Waals surface area contributed by atoms with Crippen molar-refractivity contribution in [2.75, 3.05) is 28.4 Å². The highest BCUT2D eigenvalue weighted by molar-refractivity contribution is 6.08. The van der Waals surface area contributed by atoms with Crippen molar-refractivity contribution in [3.63, 3.8) is 0 Å². The molecule has 0 amide bonds. The molecule has 3 aromatic rings. The van der Waals surface area contributed by atoms with Gasteiger partial charge in [0.05, 0.1) is 28.4 Å². The topological polar surface area (TPSA) is 36.9 Å². The highest BCUT2D eigenvalue weighted by atomic mass is 16.5. The van der Waals surface area contributed by atoms with E-state index in [4.69, 9.17) is 18.9 Å². The van der Waals surface area contributed by atoms with E-state index < -0.39 is 0 Å². The van der Waals surface area contributed by atoms with Crippen LogP contribution in [0, 0.1) is 0 Å². The van der Waals surface area contributed by atoms with E-state index in [1.807, 2.05) is 42.5 Å². The molecule has 0 saturated heterocycles. The van der Waals surface area contributed by atoms with Gasteiger partial charge in [0.2, 0.25) is 0 Å². The van der Waals surface area contributed by atoms with Crippen LogP contribution in [0.5, 0.6) is 23.0 Å². The molecule has 0 bridgehead atoms. The van der Waals surface area contributed by atoms with E-state index >= 15 is 0 Å². The Morgan fingerprint density at radius 1 is 0.536 bits per heavy atom. The molecule has 0 fully saturated rings. The van der Waals surface area contributed by atoms with Gasteiger partial charge in [-0.05, 0) is 63.7 Å². The molecule has 0 unspecified atom stereocenters. The van der Waals surface area contributed by atoms with E-state index in [9.17, 15) is 0 Å². The Balaban J connectivity index is 2.02. The van der Waals surface area contributed by atoms with Crippen molar-refractivity contribution in [2.45, 2.75) is 0 Å². The van der Waals surface area contributed by atoms with E-state index in [1.165, 1.54) is 0 Å². The Labute approximate surface area is 164 Å². The van der Waals surface area contributed by atoms with Gasteiger partial charge in [-0.25, -0.2) is 0 Å². The maximum Gasteiger partial charge on any atom is 0.161 e. The summed E-state index contributed by atoms with van der Waals surface area (Å²) in [6.45, 7) is 0. The van der Waals surface area contributed by atoms with Gasteiger partial charge in [-0.15, -0.1) is 0 Å². The molecule has 4 nitrogen and oxygen atoms in total. The molecule has 28 heavy (non-hydrogen) atoms. The van der Waals surface area contributed by atoms with E-state index in [0.29, 0.717) is 23.0 Å². The summed E-state index contributed by atoms with van der Waals surface area (Å²) < 4.78 is 22.2. The first-order valence-electron chi connectivity index (χ1n) is 9.00. The summed E-state index contributed by atoms with van der Waals surface area (Å²) in [5.74, 6) is 2.80. The monoisotopic (exact) mass is 374 g/mol. The Morgan fingerprint density at radius 2 is 0.929 bits per heavy atom. The van der Waals surface area contributed by atoms with Crippen molar-refractivity contribution in [1.82, 2.24) is 0 Å². The Bertz CT molecular complexity index is 988. The van der Waals surface area contributed by atoms with Crippen LogP contribution in [-0.2, 0) is 0 Å². The minimum Gasteiger partial charge on any atom is -0.493 e. The van der Waals surface area contributed by atoms with Crippen LogP contribution in [0.2, 0.25) is 0 Å². The molecule has 4 rings (SSSR count). The summed E-state index contributed by atoms with van der Waals surface area (Å²) in [6, 6.07) is 18.4. The molecule has 3 aromatic carbocycles. The van der Waals surface area contributed by atoms with Gasteiger partial charge in [-0.2, -0.15) is 0 Å². The van der Waals surface area contributed by atoms with Crippen LogP contribution in [0.1, 0.15) is 16.7 Å². The van der Waals surface area contributed by atoms with Crippen molar-refractivity contribution < 1.29 is 18.9 Å². The van der Waals surface area contributed by atoms with Gasteiger partial charge in [-0.1, -0.05) is 30.3 Å². The summed E-state index contributed by atoms with van der Waals surface area (Å²) in [5.41, 5.74) is 6.57. The van der Waals surface area contributed by atoms with Crippen LogP contribution in [0.4, 0.5) is 0 Å². The fourth-order valence-corrected chi connectivity index (χ4v) is 3.67. The molecule has 0 aliphatic heterocycles.